The molecule has 1 unspecified atom stereocenters. The van der Waals surface area contributed by atoms with Crippen molar-refractivity contribution in [2.75, 3.05) is 12.3 Å². The monoisotopic (exact) mass is 270 g/mol. The number of rotatable bonds is 7. The van der Waals surface area contributed by atoms with Crippen LogP contribution in [0.15, 0.2) is 43.0 Å². The van der Waals surface area contributed by atoms with Gasteiger partial charge in [0, 0.05) is 36.5 Å². The minimum atomic E-state index is 0.365. The molecule has 4 nitrogen and oxygen atoms in total. The van der Waals surface area contributed by atoms with Crippen LogP contribution in [0.2, 0.25) is 0 Å². The molecule has 2 heterocycles. The summed E-state index contributed by atoms with van der Waals surface area (Å²) in [6, 6.07) is 6.35. The van der Waals surface area contributed by atoms with Gasteiger partial charge in [0.1, 0.15) is 0 Å². The molecule has 1 atom stereocenters. The second-order valence-electron chi connectivity index (χ2n) is 4.99. The largest absolute Gasteiger partial charge is 0.398 e. The molecular weight excluding hydrogens is 248 g/mol. The molecule has 0 aromatic carbocycles. The molecule has 0 saturated carbocycles. The van der Waals surface area contributed by atoms with Gasteiger partial charge in [0.15, 0.2) is 0 Å². The van der Waals surface area contributed by atoms with E-state index >= 15 is 0 Å². The van der Waals surface area contributed by atoms with Crippen LogP contribution in [0.25, 0.3) is 0 Å². The Hall–Kier alpha value is -1.94. The topological polar surface area (TPSA) is 63.8 Å². The van der Waals surface area contributed by atoms with Gasteiger partial charge >= 0.3 is 0 Å². The van der Waals surface area contributed by atoms with Gasteiger partial charge in [-0.05, 0) is 55.1 Å². The highest BCUT2D eigenvalue weighted by molar-refractivity contribution is 5.44. The van der Waals surface area contributed by atoms with Crippen molar-refractivity contribution < 1.29 is 0 Å². The van der Waals surface area contributed by atoms with Crippen LogP contribution in [0.5, 0.6) is 0 Å². The van der Waals surface area contributed by atoms with E-state index in [1.165, 1.54) is 5.56 Å². The Kier molecular flexibility index (Phi) is 5.50. The normalized spacial score (nSPS) is 12.2. The van der Waals surface area contributed by atoms with Gasteiger partial charge in [0.05, 0.1) is 0 Å². The lowest BCUT2D eigenvalue weighted by molar-refractivity contribution is 0.504. The Labute approximate surface area is 120 Å². The van der Waals surface area contributed by atoms with E-state index in [2.05, 4.69) is 34.3 Å². The summed E-state index contributed by atoms with van der Waals surface area (Å²) in [5, 5.41) is 3.59. The Bertz CT molecular complexity index is 513. The van der Waals surface area contributed by atoms with Gasteiger partial charge in [-0.25, -0.2) is 0 Å². The molecule has 0 fully saturated rings. The maximum absolute atomic E-state index is 6.01. The number of nitrogen functional groups attached to an aromatic ring is 1. The van der Waals surface area contributed by atoms with Gasteiger partial charge in [-0.2, -0.15) is 0 Å². The molecule has 2 aromatic heterocycles. The van der Waals surface area contributed by atoms with E-state index in [-0.39, 0.29) is 0 Å². The second-order valence-corrected chi connectivity index (χ2v) is 4.99. The first-order valence-electron chi connectivity index (χ1n) is 7.10. The number of nitrogens with two attached hydrogens (primary N) is 1. The van der Waals surface area contributed by atoms with Crippen LogP contribution in [0.1, 0.15) is 24.5 Å². The Morgan fingerprint density at radius 1 is 1.10 bits per heavy atom. The number of hydrogen-bond donors (Lipinski definition) is 2. The van der Waals surface area contributed by atoms with Crippen LogP contribution in [0, 0.1) is 0 Å². The predicted molar refractivity (Wildman–Crippen MR) is 82.4 cm³/mol. The molecule has 0 aliphatic rings. The molecule has 4 heteroatoms. The molecular formula is C16H22N4. The summed E-state index contributed by atoms with van der Waals surface area (Å²) in [6.45, 7) is 3.19. The summed E-state index contributed by atoms with van der Waals surface area (Å²) < 4.78 is 0. The fourth-order valence-corrected chi connectivity index (χ4v) is 2.24. The highest BCUT2D eigenvalue weighted by Crippen LogP contribution is 2.14. The third-order valence-electron chi connectivity index (χ3n) is 3.32. The first-order valence-corrected chi connectivity index (χ1v) is 7.10. The van der Waals surface area contributed by atoms with Crippen LogP contribution in [0.4, 0.5) is 5.69 Å². The van der Waals surface area contributed by atoms with E-state index in [4.69, 9.17) is 5.73 Å². The quantitative estimate of drug-likeness (QED) is 0.809. The Morgan fingerprint density at radius 2 is 1.85 bits per heavy atom. The number of nitrogens with one attached hydrogen (secondary N) is 1. The van der Waals surface area contributed by atoms with Crippen molar-refractivity contribution in [2.24, 2.45) is 0 Å². The highest BCUT2D eigenvalue weighted by Gasteiger charge is 2.11. The lowest BCUT2D eigenvalue weighted by Crippen LogP contribution is -2.34. The number of nitrogens with zero attached hydrogens (tertiary/aromatic N) is 2. The lowest BCUT2D eigenvalue weighted by Gasteiger charge is -2.19. The van der Waals surface area contributed by atoms with E-state index in [0.29, 0.717) is 6.04 Å². The molecule has 2 rings (SSSR count). The van der Waals surface area contributed by atoms with E-state index in [1.54, 1.807) is 6.20 Å². The summed E-state index contributed by atoms with van der Waals surface area (Å²) in [6.07, 6.45) is 10.3. The smallest absolute Gasteiger partial charge is 0.0378 e. The van der Waals surface area contributed by atoms with Gasteiger partial charge in [-0.15, -0.1) is 0 Å². The molecule has 0 bridgehead atoms. The number of hydrogen-bond acceptors (Lipinski definition) is 4. The molecule has 3 N–H and O–H groups in total. The minimum Gasteiger partial charge on any atom is -0.398 e. The number of anilines is 1. The average Bonchev–Trinajstić information content (AvgIpc) is 2.48. The number of aromatic nitrogens is 2. The number of pyridine rings is 2. The van der Waals surface area contributed by atoms with Crippen molar-refractivity contribution in [1.29, 1.82) is 0 Å². The fourth-order valence-electron chi connectivity index (χ4n) is 2.24. The summed E-state index contributed by atoms with van der Waals surface area (Å²) >= 11 is 0. The first kappa shape index (κ1) is 14.5. The SMILES string of the molecule is CCCNC(Cc1ccncc1)Cc1cnccc1N. The van der Waals surface area contributed by atoms with Gasteiger partial charge < -0.3 is 11.1 Å². The first-order chi connectivity index (χ1) is 9.79. The maximum atomic E-state index is 6.01. The van der Waals surface area contributed by atoms with Gasteiger partial charge in [-0.3, -0.25) is 9.97 Å². The predicted octanol–water partition coefficient (Wildman–Crippen LogP) is 2.21. The zero-order valence-corrected chi connectivity index (χ0v) is 11.9. The van der Waals surface area contributed by atoms with Crippen LogP contribution < -0.4 is 11.1 Å². The van der Waals surface area contributed by atoms with Crippen molar-refractivity contribution in [1.82, 2.24) is 15.3 Å². The lowest BCUT2D eigenvalue weighted by atomic mass is 9.99. The van der Waals surface area contributed by atoms with Gasteiger partial charge in [0.2, 0.25) is 0 Å². The van der Waals surface area contributed by atoms with Crippen LogP contribution in [-0.2, 0) is 12.8 Å². The minimum absolute atomic E-state index is 0.365. The summed E-state index contributed by atoms with van der Waals surface area (Å²) in [5.41, 5.74) is 9.23. The third kappa shape index (κ3) is 4.31. The molecule has 0 aliphatic heterocycles. The van der Waals surface area contributed by atoms with E-state index in [9.17, 15) is 0 Å². The van der Waals surface area contributed by atoms with Gasteiger partial charge in [-0.1, -0.05) is 6.92 Å². The van der Waals surface area contributed by atoms with Crippen molar-refractivity contribution >= 4 is 5.69 Å². The van der Waals surface area contributed by atoms with E-state index in [1.807, 2.05) is 24.7 Å². The molecule has 0 aliphatic carbocycles. The van der Waals surface area contributed by atoms with Crippen LogP contribution >= 0.6 is 0 Å². The molecule has 0 radical (unpaired) electrons. The zero-order chi connectivity index (χ0) is 14.2. The van der Waals surface area contributed by atoms with Crippen LogP contribution in [-0.4, -0.2) is 22.6 Å². The molecule has 106 valence electrons. The summed E-state index contributed by atoms with van der Waals surface area (Å²) in [4.78, 5) is 8.23. The van der Waals surface area contributed by atoms with Crippen molar-refractivity contribution in [2.45, 2.75) is 32.2 Å². The average molecular weight is 270 g/mol. The van der Waals surface area contributed by atoms with E-state index < -0.39 is 0 Å². The fraction of sp³-hybridized carbons (Fsp3) is 0.375. The summed E-state index contributed by atoms with van der Waals surface area (Å²) in [5.74, 6) is 0. The Morgan fingerprint density at radius 3 is 2.55 bits per heavy atom. The molecule has 0 saturated heterocycles. The molecule has 2 aromatic rings. The third-order valence-corrected chi connectivity index (χ3v) is 3.32. The summed E-state index contributed by atoms with van der Waals surface area (Å²) in [7, 11) is 0. The van der Waals surface area contributed by atoms with Crippen molar-refractivity contribution in [3.05, 3.63) is 54.1 Å². The Balaban J connectivity index is 2.05. The standard InChI is InChI=1S/C16H22N4/c1-2-6-20-15(10-13-3-7-18-8-4-13)11-14-12-19-9-5-16(14)17/h3-5,7-9,12,15,20H,2,6,10-11H2,1H3,(H2,17,19). The molecule has 20 heavy (non-hydrogen) atoms. The van der Waals surface area contributed by atoms with Crippen molar-refractivity contribution in [3.8, 4) is 0 Å². The highest BCUT2D eigenvalue weighted by atomic mass is 14.9. The second kappa shape index (κ2) is 7.60. The van der Waals surface area contributed by atoms with Crippen molar-refractivity contribution in [3.63, 3.8) is 0 Å². The maximum Gasteiger partial charge on any atom is 0.0378 e. The zero-order valence-electron chi connectivity index (χ0n) is 11.9. The molecule has 0 amide bonds. The molecule has 0 spiro atoms. The van der Waals surface area contributed by atoms with Crippen LogP contribution in [0.3, 0.4) is 0 Å². The van der Waals surface area contributed by atoms with Gasteiger partial charge in [0.25, 0.3) is 0 Å². The van der Waals surface area contributed by atoms with E-state index in [0.717, 1.165) is 37.1 Å².